The molecule has 0 radical (unpaired) electrons. The van der Waals surface area contributed by atoms with Gasteiger partial charge in [-0.15, -0.1) is 12.4 Å². The van der Waals surface area contributed by atoms with Gasteiger partial charge in [0.15, 0.2) is 0 Å². The second-order valence-electron chi connectivity index (χ2n) is 5.03. The molecule has 1 aromatic heterocycles. The van der Waals surface area contributed by atoms with Crippen LogP contribution in [-0.2, 0) is 6.54 Å². The zero-order valence-corrected chi connectivity index (χ0v) is 12.0. The molecule has 3 nitrogen and oxygen atoms in total. The molecule has 19 heavy (non-hydrogen) atoms. The third-order valence-electron chi connectivity index (χ3n) is 2.86. The summed E-state index contributed by atoms with van der Waals surface area (Å²) in [5, 5.41) is 12.4. The fraction of sp³-hybridized carbons (Fsp3) is 0.333. The number of halogens is 1. The van der Waals surface area contributed by atoms with E-state index in [9.17, 15) is 0 Å². The monoisotopic (exact) mass is 281 g/mol. The molecule has 0 saturated carbocycles. The summed E-state index contributed by atoms with van der Waals surface area (Å²) in [6.07, 6.45) is 0. The second-order valence-corrected chi connectivity index (χ2v) is 5.03. The topological polar surface area (TPSA) is 45.4 Å². The van der Waals surface area contributed by atoms with Gasteiger partial charge in [0.05, 0.1) is 13.2 Å². The lowest BCUT2D eigenvalue weighted by molar-refractivity contribution is 0.184. The molecule has 0 unspecified atom stereocenters. The van der Waals surface area contributed by atoms with Crippen LogP contribution < -0.4 is 5.32 Å². The highest BCUT2D eigenvalue weighted by Gasteiger charge is 2.15. The highest BCUT2D eigenvalue weighted by atomic mass is 35.5. The van der Waals surface area contributed by atoms with E-state index in [1.54, 1.807) is 0 Å². The fourth-order valence-electron chi connectivity index (χ4n) is 1.61. The van der Waals surface area contributed by atoms with E-state index in [1.807, 2.05) is 56.3 Å². The predicted octanol–water partition coefficient (Wildman–Crippen LogP) is 3.23. The molecule has 0 saturated heterocycles. The Morgan fingerprint density at radius 1 is 1.11 bits per heavy atom. The molecule has 0 aliphatic rings. The van der Waals surface area contributed by atoms with Crippen molar-refractivity contribution in [3.8, 4) is 11.3 Å². The molecule has 0 amide bonds. The van der Waals surface area contributed by atoms with Crippen LogP contribution in [0.25, 0.3) is 11.3 Å². The van der Waals surface area contributed by atoms with E-state index in [0.717, 1.165) is 17.1 Å². The van der Waals surface area contributed by atoms with Gasteiger partial charge < -0.3 is 14.8 Å². The first-order valence-electron chi connectivity index (χ1n) is 6.11. The first kappa shape index (κ1) is 15.8. The molecule has 0 fully saturated rings. The minimum Gasteiger partial charge on any atom is -0.460 e. The number of hydrogen-bond acceptors (Lipinski definition) is 3. The van der Waals surface area contributed by atoms with E-state index in [4.69, 9.17) is 9.52 Å². The summed E-state index contributed by atoms with van der Waals surface area (Å²) < 4.78 is 5.77. The van der Waals surface area contributed by atoms with E-state index < -0.39 is 0 Å². The van der Waals surface area contributed by atoms with Crippen molar-refractivity contribution in [2.75, 3.05) is 6.61 Å². The largest absolute Gasteiger partial charge is 0.460 e. The van der Waals surface area contributed by atoms with Crippen LogP contribution in [0.1, 0.15) is 19.6 Å². The minimum absolute atomic E-state index is 0. The van der Waals surface area contributed by atoms with E-state index >= 15 is 0 Å². The SMILES string of the molecule is CC(C)(CO)NCc1ccc(-c2ccccc2)o1.Cl. The number of furan rings is 1. The summed E-state index contributed by atoms with van der Waals surface area (Å²) in [5.41, 5.74) is 0.782. The lowest BCUT2D eigenvalue weighted by Gasteiger charge is -2.22. The standard InChI is InChI=1S/C15H19NO2.ClH/c1-15(2,11-17)16-10-13-8-9-14(18-13)12-6-4-3-5-7-12;/h3-9,16-17H,10-11H2,1-2H3;1H. The van der Waals surface area contributed by atoms with Crippen molar-refractivity contribution in [3.63, 3.8) is 0 Å². The zero-order chi connectivity index (χ0) is 13.0. The van der Waals surface area contributed by atoms with Crippen molar-refractivity contribution in [2.24, 2.45) is 0 Å². The molecule has 0 spiro atoms. The quantitative estimate of drug-likeness (QED) is 0.884. The normalized spacial score (nSPS) is 11.1. The highest BCUT2D eigenvalue weighted by Crippen LogP contribution is 2.21. The van der Waals surface area contributed by atoms with Gasteiger partial charge in [-0.2, -0.15) is 0 Å². The molecule has 0 aliphatic carbocycles. The van der Waals surface area contributed by atoms with E-state index in [2.05, 4.69) is 5.32 Å². The molecule has 104 valence electrons. The Labute approximate surface area is 120 Å². The maximum absolute atomic E-state index is 9.16. The number of rotatable bonds is 5. The first-order chi connectivity index (χ1) is 8.61. The molecular weight excluding hydrogens is 262 g/mol. The van der Waals surface area contributed by atoms with Crippen molar-refractivity contribution >= 4 is 12.4 Å². The summed E-state index contributed by atoms with van der Waals surface area (Å²) in [6.45, 7) is 4.61. The van der Waals surface area contributed by atoms with Gasteiger partial charge in [-0.1, -0.05) is 30.3 Å². The molecule has 2 aromatic rings. The average Bonchev–Trinajstić information content (AvgIpc) is 2.86. The third-order valence-corrected chi connectivity index (χ3v) is 2.86. The summed E-state index contributed by atoms with van der Waals surface area (Å²) >= 11 is 0. The van der Waals surface area contributed by atoms with Crippen LogP contribution >= 0.6 is 12.4 Å². The smallest absolute Gasteiger partial charge is 0.134 e. The molecule has 0 aliphatic heterocycles. The maximum Gasteiger partial charge on any atom is 0.134 e. The maximum atomic E-state index is 9.16. The van der Waals surface area contributed by atoms with Crippen LogP contribution in [0.5, 0.6) is 0 Å². The van der Waals surface area contributed by atoms with Crippen LogP contribution in [0.4, 0.5) is 0 Å². The van der Waals surface area contributed by atoms with Crippen LogP contribution in [0.3, 0.4) is 0 Å². The van der Waals surface area contributed by atoms with Crippen LogP contribution in [0.15, 0.2) is 46.9 Å². The zero-order valence-electron chi connectivity index (χ0n) is 11.2. The number of aliphatic hydroxyl groups excluding tert-OH is 1. The molecule has 0 bridgehead atoms. The Morgan fingerprint density at radius 2 is 1.79 bits per heavy atom. The van der Waals surface area contributed by atoms with Crippen molar-refractivity contribution in [1.29, 1.82) is 0 Å². The van der Waals surface area contributed by atoms with Gasteiger partial charge >= 0.3 is 0 Å². The molecule has 1 heterocycles. The van der Waals surface area contributed by atoms with E-state index in [1.165, 1.54) is 0 Å². The summed E-state index contributed by atoms with van der Waals surface area (Å²) in [5.74, 6) is 1.74. The minimum atomic E-state index is -0.292. The molecule has 1 aromatic carbocycles. The van der Waals surface area contributed by atoms with E-state index in [-0.39, 0.29) is 24.6 Å². The van der Waals surface area contributed by atoms with Gasteiger partial charge in [0, 0.05) is 11.1 Å². The Hall–Kier alpha value is -1.29. The predicted molar refractivity (Wildman–Crippen MR) is 79.4 cm³/mol. The number of aliphatic hydroxyl groups is 1. The summed E-state index contributed by atoms with van der Waals surface area (Å²) in [6, 6.07) is 13.9. The van der Waals surface area contributed by atoms with Gasteiger partial charge in [0.1, 0.15) is 11.5 Å². The van der Waals surface area contributed by atoms with Gasteiger partial charge in [-0.25, -0.2) is 0 Å². The second kappa shape index (κ2) is 6.75. The van der Waals surface area contributed by atoms with Crippen LogP contribution in [-0.4, -0.2) is 17.3 Å². The molecular formula is C15H20ClNO2. The lowest BCUT2D eigenvalue weighted by atomic mass is 10.1. The van der Waals surface area contributed by atoms with Crippen LogP contribution in [0.2, 0.25) is 0 Å². The van der Waals surface area contributed by atoms with Gasteiger partial charge in [-0.3, -0.25) is 0 Å². The van der Waals surface area contributed by atoms with Crippen molar-refractivity contribution < 1.29 is 9.52 Å². The number of hydrogen-bond donors (Lipinski definition) is 2. The Morgan fingerprint density at radius 3 is 2.42 bits per heavy atom. The van der Waals surface area contributed by atoms with Gasteiger partial charge in [0.25, 0.3) is 0 Å². The Kier molecular flexibility index (Phi) is 5.60. The number of benzene rings is 1. The summed E-state index contributed by atoms with van der Waals surface area (Å²) in [7, 11) is 0. The molecule has 2 rings (SSSR count). The number of nitrogens with one attached hydrogen (secondary N) is 1. The first-order valence-corrected chi connectivity index (χ1v) is 6.11. The summed E-state index contributed by atoms with van der Waals surface area (Å²) in [4.78, 5) is 0. The van der Waals surface area contributed by atoms with Gasteiger partial charge in [0.2, 0.25) is 0 Å². The Bertz CT molecular complexity index is 494. The third kappa shape index (κ3) is 4.39. The van der Waals surface area contributed by atoms with E-state index in [0.29, 0.717) is 6.54 Å². The average molecular weight is 282 g/mol. The van der Waals surface area contributed by atoms with Crippen LogP contribution in [0, 0.1) is 0 Å². The molecule has 2 N–H and O–H groups in total. The van der Waals surface area contributed by atoms with Gasteiger partial charge in [-0.05, 0) is 26.0 Å². The molecule has 4 heteroatoms. The highest BCUT2D eigenvalue weighted by molar-refractivity contribution is 5.85. The van der Waals surface area contributed by atoms with Crippen molar-refractivity contribution in [1.82, 2.24) is 5.32 Å². The van der Waals surface area contributed by atoms with Crippen molar-refractivity contribution in [2.45, 2.75) is 25.9 Å². The fourth-order valence-corrected chi connectivity index (χ4v) is 1.61. The van der Waals surface area contributed by atoms with Crippen molar-refractivity contribution in [3.05, 3.63) is 48.2 Å². The lowest BCUT2D eigenvalue weighted by Crippen LogP contribution is -2.41. The molecule has 0 atom stereocenters. The Balaban J connectivity index is 0.00000180.